The molecule has 0 aliphatic rings. The zero-order valence-electron chi connectivity index (χ0n) is 8.12. The van der Waals surface area contributed by atoms with Crippen LogP contribution in [-0.2, 0) is 10.1 Å². The molecule has 1 aromatic rings. The topological polar surface area (TPSA) is 90.1 Å². The van der Waals surface area contributed by atoms with Crippen LogP contribution in [0.5, 0.6) is 0 Å². The smallest absolute Gasteiger partial charge is 0.744 e. The van der Waals surface area contributed by atoms with Crippen LogP contribution in [0.1, 0.15) is 21.7 Å². The molecule has 0 amide bonds. The number of aromatic nitrogens is 1. The maximum absolute atomic E-state index is 10.7. The Balaban J connectivity index is 0.00000169. The third-order valence-corrected chi connectivity index (χ3v) is 2.89. The standard InChI is InChI=1S/C7H9NO4S.Na/c1-4-6(3-9)8-5(2)7(4)13(10,11)12;/h3,8H,1-2H3,(H,10,11,12);/q;+1/p-1. The predicted octanol–water partition coefficient (Wildman–Crippen LogP) is -2.65. The molecular weight excluding hydrogens is 217 g/mol. The fourth-order valence-electron chi connectivity index (χ4n) is 1.25. The van der Waals surface area contributed by atoms with E-state index in [1.54, 1.807) is 0 Å². The maximum atomic E-state index is 10.7. The molecule has 0 fully saturated rings. The number of aldehydes is 1. The second kappa shape index (κ2) is 4.59. The van der Waals surface area contributed by atoms with Crippen LogP contribution in [0.4, 0.5) is 0 Å². The molecule has 0 saturated heterocycles. The van der Waals surface area contributed by atoms with Crippen molar-refractivity contribution in [1.29, 1.82) is 0 Å². The number of aromatic amines is 1. The van der Waals surface area contributed by atoms with Crippen LogP contribution >= 0.6 is 0 Å². The van der Waals surface area contributed by atoms with Crippen LogP contribution in [0.3, 0.4) is 0 Å². The van der Waals surface area contributed by atoms with E-state index in [4.69, 9.17) is 0 Å². The van der Waals surface area contributed by atoms with Gasteiger partial charge >= 0.3 is 29.6 Å². The summed E-state index contributed by atoms with van der Waals surface area (Å²) in [5.74, 6) is 0. The Morgan fingerprint density at radius 2 is 1.86 bits per heavy atom. The van der Waals surface area contributed by atoms with Gasteiger partial charge in [0, 0.05) is 5.69 Å². The third kappa shape index (κ3) is 2.46. The minimum absolute atomic E-state index is 0. The summed E-state index contributed by atoms with van der Waals surface area (Å²) < 4.78 is 32.1. The molecule has 7 heteroatoms. The molecule has 5 nitrogen and oxygen atoms in total. The van der Waals surface area contributed by atoms with Crippen LogP contribution in [-0.4, -0.2) is 24.2 Å². The molecule has 1 rings (SSSR count). The minimum Gasteiger partial charge on any atom is -0.744 e. The molecule has 1 aromatic heterocycles. The van der Waals surface area contributed by atoms with E-state index < -0.39 is 10.1 Å². The Hall–Kier alpha value is -0.140. The van der Waals surface area contributed by atoms with Gasteiger partial charge in [-0.1, -0.05) is 0 Å². The summed E-state index contributed by atoms with van der Waals surface area (Å²) in [7, 11) is -4.49. The Morgan fingerprint density at radius 1 is 1.36 bits per heavy atom. The molecule has 0 spiro atoms. The Morgan fingerprint density at radius 3 is 2.07 bits per heavy atom. The second-order valence-electron chi connectivity index (χ2n) is 2.69. The van der Waals surface area contributed by atoms with Gasteiger partial charge in [0.2, 0.25) is 0 Å². The number of H-pyrrole nitrogens is 1. The maximum Gasteiger partial charge on any atom is 1.00 e. The zero-order chi connectivity index (χ0) is 10.2. The van der Waals surface area contributed by atoms with E-state index in [1.165, 1.54) is 13.8 Å². The molecule has 0 saturated carbocycles. The fraction of sp³-hybridized carbons (Fsp3) is 0.286. The molecule has 14 heavy (non-hydrogen) atoms. The van der Waals surface area contributed by atoms with E-state index in [0.717, 1.165) is 0 Å². The molecule has 1 heterocycles. The van der Waals surface area contributed by atoms with Gasteiger partial charge in [-0.25, -0.2) is 8.42 Å². The summed E-state index contributed by atoms with van der Waals surface area (Å²) in [6, 6.07) is 0. The van der Waals surface area contributed by atoms with Crippen molar-refractivity contribution in [2.24, 2.45) is 0 Å². The van der Waals surface area contributed by atoms with Crippen molar-refractivity contribution in [3.63, 3.8) is 0 Å². The van der Waals surface area contributed by atoms with Crippen molar-refractivity contribution in [3.8, 4) is 0 Å². The van der Waals surface area contributed by atoms with Crippen LogP contribution in [0.25, 0.3) is 0 Å². The zero-order valence-corrected chi connectivity index (χ0v) is 10.9. The summed E-state index contributed by atoms with van der Waals surface area (Å²) in [4.78, 5) is 12.6. The van der Waals surface area contributed by atoms with Crippen LogP contribution in [0.15, 0.2) is 4.90 Å². The molecule has 0 atom stereocenters. The van der Waals surface area contributed by atoms with Gasteiger partial charge in [0.15, 0.2) is 6.29 Å². The van der Waals surface area contributed by atoms with E-state index in [1.807, 2.05) is 0 Å². The van der Waals surface area contributed by atoms with Gasteiger partial charge in [0.1, 0.15) is 10.1 Å². The number of carbonyl (C=O) groups is 1. The summed E-state index contributed by atoms with van der Waals surface area (Å²) in [6.45, 7) is 2.85. The number of rotatable bonds is 2. The van der Waals surface area contributed by atoms with Crippen LogP contribution in [0, 0.1) is 13.8 Å². The van der Waals surface area contributed by atoms with Gasteiger partial charge in [0.25, 0.3) is 0 Å². The number of aryl methyl sites for hydroxylation is 1. The quantitative estimate of drug-likeness (QED) is 0.338. The molecule has 0 aliphatic heterocycles. The first-order valence-electron chi connectivity index (χ1n) is 3.48. The van der Waals surface area contributed by atoms with Crippen molar-refractivity contribution >= 4 is 16.4 Å². The summed E-state index contributed by atoms with van der Waals surface area (Å²) >= 11 is 0. The third-order valence-electron chi connectivity index (χ3n) is 1.78. The summed E-state index contributed by atoms with van der Waals surface area (Å²) in [5.41, 5.74) is 0.518. The van der Waals surface area contributed by atoms with Gasteiger partial charge < -0.3 is 9.54 Å². The average Bonchev–Trinajstić information content (AvgIpc) is 2.24. The van der Waals surface area contributed by atoms with Gasteiger partial charge in [-0.2, -0.15) is 0 Å². The Labute approximate surface area is 104 Å². The summed E-state index contributed by atoms with van der Waals surface area (Å²) in [5, 5.41) is 0. The molecule has 0 unspecified atom stereocenters. The molecule has 0 bridgehead atoms. The molecule has 0 aromatic carbocycles. The molecule has 0 aliphatic carbocycles. The van der Waals surface area contributed by atoms with Crippen LogP contribution in [0.2, 0.25) is 0 Å². The largest absolute Gasteiger partial charge is 1.00 e. The number of carbonyl (C=O) groups excluding carboxylic acids is 1. The van der Waals surface area contributed by atoms with Crippen molar-refractivity contribution in [3.05, 3.63) is 17.0 Å². The van der Waals surface area contributed by atoms with Crippen molar-refractivity contribution < 1.29 is 47.3 Å². The van der Waals surface area contributed by atoms with Crippen molar-refractivity contribution in [1.82, 2.24) is 4.98 Å². The van der Waals surface area contributed by atoms with E-state index >= 15 is 0 Å². The summed E-state index contributed by atoms with van der Waals surface area (Å²) in [6.07, 6.45) is 0.483. The van der Waals surface area contributed by atoms with Crippen molar-refractivity contribution in [2.75, 3.05) is 0 Å². The molecule has 0 radical (unpaired) electrons. The fourth-order valence-corrected chi connectivity index (χ4v) is 2.16. The second-order valence-corrected chi connectivity index (χ2v) is 4.01. The number of hydrogen-bond acceptors (Lipinski definition) is 4. The first kappa shape index (κ1) is 13.9. The first-order valence-corrected chi connectivity index (χ1v) is 4.89. The molecule has 72 valence electrons. The first-order chi connectivity index (χ1) is 5.88. The van der Waals surface area contributed by atoms with Gasteiger partial charge in [-0.05, 0) is 19.4 Å². The van der Waals surface area contributed by atoms with E-state index in [9.17, 15) is 17.8 Å². The average molecular weight is 225 g/mol. The predicted molar refractivity (Wildman–Crippen MR) is 43.6 cm³/mol. The normalized spacial score (nSPS) is 10.8. The number of nitrogens with one attached hydrogen (secondary N) is 1. The SMILES string of the molecule is Cc1[nH]c(C=O)c(C)c1S(=O)(=O)[O-].[Na+]. The molecular formula is C7H8NNaO4S. The van der Waals surface area contributed by atoms with Crippen molar-refractivity contribution in [2.45, 2.75) is 18.7 Å². The monoisotopic (exact) mass is 225 g/mol. The Bertz CT molecular complexity index is 449. The molecule has 1 N–H and O–H groups in total. The van der Waals surface area contributed by atoms with Gasteiger partial charge in [-0.15, -0.1) is 0 Å². The van der Waals surface area contributed by atoms with E-state index in [0.29, 0.717) is 6.29 Å². The van der Waals surface area contributed by atoms with E-state index in [2.05, 4.69) is 4.98 Å². The van der Waals surface area contributed by atoms with E-state index in [-0.39, 0.29) is 51.4 Å². The van der Waals surface area contributed by atoms with Gasteiger partial charge in [0.05, 0.1) is 10.6 Å². The Kier molecular flexibility index (Phi) is 4.54. The minimum atomic E-state index is -4.49. The van der Waals surface area contributed by atoms with Gasteiger partial charge in [-0.3, -0.25) is 4.79 Å². The van der Waals surface area contributed by atoms with Crippen LogP contribution < -0.4 is 29.6 Å². The number of hydrogen-bond donors (Lipinski definition) is 1.